The topological polar surface area (TPSA) is 186 Å². The molecule has 2 aliphatic heterocycles. The average molecular weight is 507 g/mol. The molecule has 3 rings (SSSR count). The van der Waals surface area contributed by atoms with Crippen molar-refractivity contribution in [3.63, 3.8) is 0 Å². The first-order chi connectivity index (χ1) is 16.6. The molecule has 0 bridgehead atoms. The molecule has 0 aromatic heterocycles. The number of ether oxygens (including phenoxy) is 7. The minimum absolute atomic E-state index is 0.0825. The number of benzene rings is 1. The van der Waals surface area contributed by atoms with E-state index in [1.807, 2.05) is 0 Å². The molecule has 1 unspecified atom stereocenters. The van der Waals surface area contributed by atoms with E-state index in [0.717, 1.165) is 0 Å². The van der Waals surface area contributed by atoms with Crippen LogP contribution in [0.5, 0.6) is 17.2 Å². The number of aliphatic hydroxyl groups is 6. The minimum Gasteiger partial charge on any atom is -0.493 e. The standard InChI is InChI=1S/C22H34O13/c1-9-14(23)16(25)18(27)21(34-9)33-8-13-15(24)17(26)19(28)22(35-13)32-7-10-5-11(29-2)20(31-4)12(6-10)30-3/h5-6,9,13-19,21-28H,7-8H2,1-4H3/t9-,13+,14-,15+,16+,17-,18+,19+,21?,22+/m0/s1. The van der Waals surface area contributed by atoms with Gasteiger partial charge in [-0.25, -0.2) is 0 Å². The highest BCUT2D eigenvalue weighted by molar-refractivity contribution is 5.53. The highest BCUT2D eigenvalue weighted by Crippen LogP contribution is 2.38. The zero-order chi connectivity index (χ0) is 25.9. The first kappa shape index (κ1) is 27.8. The van der Waals surface area contributed by atoms with E-state index in [2.05, 4.69) is 0 Å². The third kappa shape index (κ3) is 5.97. The van der Waals surface area contributed by atoms with Crippen LogP contribution in [0.4, 0.5) is 0 Å². The van der Waals surface area contributed by atoms with Crippen LogP contribution in [0.25, 0.3) is 0 Å². The number of hydrogen-bond acceptors (Lipinski definition) is 13. The van der Waals surface area contributed by atoms with E-state index in [1.165, 1.54) is 28.3 Å². The molecule has 1 aromatic carbocycles. The summed E-state index contributed by atoms with van der Waals surface area (Å²) in [5.74, 6) is 1.18. The zero-order valence-corrected chi connectivity index (χ0v) is 19.9. The monoisotopic (exact) mass is 506 g/mol. The van der Waals surface area contributed by atoms with Crippen molar-refractivity contribution >= 4 is 0 Å². The van der Waals surface area contributed by atoms with E-state index in [9.17, 15) is 30.6 Å². The Kier molecular flexibility index (Phi) is 9.51. The maximum atomic E-state index is 10.3. The lowest BCUT2D eigenvalue weighted by molar-refractivity contribution is -0.329. The van der Waals surface area contributed by atoms with Crippen LogP contribution in [0, 0.1) is 0 Å². The Morgan fingerprint density at radius 3 is 1.77 bits per heavy atom. The Labute approximate surface area is 202 Å². The molecule has 0 radical (unpaired) electrons. The van der Waals surface area contributed by atoms with Crippen LogP contribution >= 0.6 is 0 Å². The number of hydrogen-bond donors (Lipinski definition) is 6. The third-order valence-corrected chi connectivity index (χ3v) is 6.04. The van der Waals surface area contributed by atoms with Gasteiger partial charge in [0.2, 0.25) is 5.75 Å². The van der Waals surface area contributed by atoms with Crippen LogP contribution in [0.15, 0.2) is 12.1 Å². The molecular weight excluding hydrogens is 472 g/mol. The largest absolute Gasteiger partial charge is 0.493 e. The Balaban J connectivity index is 1.65. The van der Waals surface area contributed by atoms with Gasteiger partial charge in [-0.2, -0.15) is 0 Å². The van der Waals surface area contributed by atoms with Gasteiger partial charge in [-0.15, -0.1) is 0 Å². The molecular formula is C22H34O13. The molecule has 0 amide bonds. The molecule has 2 fully saturated rings. The van der Waals surface area contributed by atoms with Crippen molar-refractivity contribution in [1.82, 2.24) is 0 Å². The van der Waals surface area contributed by atoms with Gasteiger partial charge in [0.1, 0.15) is 42.7 Å². The minimum atomic E-state index is -1.62. The fourth-order valence-electron chi connectivity index (χ4n) is 3.93. The van der Waals surface area contributed by atoms with Crippen LogP contribution < -0.4 is 14.2 Å². The summed E-state index contributed by atoms with van der Waals surface area (Å²) in [6.07, 6.45) is -13.7. The van der Waals surface area contributed by atoms with Gasteiger partial charge in [0.05, 0.1) is 40.6 Å². The van der Waals surface area contributed by atoms with Crippen LogP contribution in [0.2, 0.25) is 0 Å². The molecule has 13 heteroatoms. The molecule has 10 atom stereocenters. The van der Waals surface area contributed by atoms with Crippen LogP contribution in [0.1, 0.15) is 12.5 Å². The molecule has 200 valence electrons. The SMILES string of the molecule is COc1cc(CO[C@@H]2O[C@H](COC3O[C@@H](C)[C@H](O)[C@@H](O)[C@H]3O)[C@@H](O)[C@H](O)[C@H]2O)cc(OC)c1OC. The summed E-state index contributed by atoms with van der Waals surface area (Å²) < 4.78 is 38.0. The smallest absolute Gasteiger partial charge is 0.203 e. The molecule has 35 heavy (non-hydrogen) atoms. The van der Waals surface area contributed by atoms with Gasteiger partial charge >= 0.3 is 0 Å². The van der Waals surface area contributed by atoms with Gasteiger partial charge in [-0.1, -0.05) is 0 Å². The maximum absolute atomic E-state index is 10.3. The predicted molar refractivity (Wildman–Crippen MR) is 116 cm³/mol. The van der Waals surface area contributed by atoms with Crippen LogP contribution in [-0.4, -0.2) is 120 Å². The van der Waals surface area contributed by atoms with E-state index in [1.54, 1.807) is 12.1 Å². The fraction of sp³-hybridized carbons (Fsp3) is 0.727. The van der Waals surface area contributed by atoms with Crippen molar-refractivity contribution < 1.29 is 63.8 Å². The van der Waals surface area contributed by atoms with Gasteiger partial charge in [0, 0.05) is 0 Å². The Morgan fingerprint density at radius 1 is 0.686 bits per heavy atom. The number of methoxy groups -OCH3 is 3. The molecule has 13 nitrogen and oxygen atoms in total. The van der Waals surface area contributed by atoms with Gasteiger partial charge < -0.3 is 63.8 Å². The van der Waals surface area contributed by atoms with E-state index < -0.39 is 61.4 Å². The molecule has 0 aliphatic carbocycles. The summed E-state index contributed by atoms with van der Waals surface area (Å²) in [5, 5.41) is 60.8. The van der Waals surface area contributed by atoms with Crippen molar-refractivity contribution in [3.05, 3.63) is 17.7 Å². The lowest BCUT2D eigenvalue weighted by atomic mass is 9.98. The first-order valence-electron chi connectivity index (χ1n) is 11.0. The molecule has 0 saturated carbocycles. The normalized spacial score (nSPS) is 37.7. The van der Waals surface area contributed by atoms with Gasteiger partial charge in [0.25, 0.3) is 0 Å². The molecule has 2 heterocycles. The highest BCUT2D eigenvalue weighted by atomic mass is 16.7. The quantitative estimate of drug-likeness (QED) is 0.214. The van der Waals surface area contributed by atoms with Gasteiger partial charge in [-0.05, 0) is 24.6 Å². The van der Waals surface area contributed by atoms with E-state index in [4.69, 9.17) is 33.2 Å². The lowest BCUT2D eigenvalue weighted by Gasteiger charge is -2.42. The van der Waals surface area contributed by atoms with E-state index in [-0.39, 0.29) is 13.2 Å². The summed E-state index contributed by atoms with van der Waals surface area (Å²) in [7, 11) is 4.40. The molecule has 2 aliphatic rings. The van der Waals surface area contributed by atoms with Crippen molar-refractivity contribution in [1.29, 1.82) is 0 Å². The summed E-state index contributed by atoms with van der Waals surface area (Å²) >= 11 is 0. The highest BCUT2D eigenvalue weighted by Gasteiger charge is 2.46. The molecule has 6 N–H and O–H groups in total. The molecule has 1 aromatic rings. The maximum Gasteiger partial charge on any atom is 0.203 e. The second kappa shape index (κ2) is 12.0. The van der Waals surface area contributed by atoms with Crippen molar-refractivity contribution in [3.8, 4) is 17.2 Å². The average Bonchev–Trinajstić information content (AvgIpc) is 2.86. The van der Waals surface area contributed by atoms with Crippen molar-refractivity contribution in [2.24, 2.45) is 0 Å². The Bertz CT molecular complexity index is 798. The molecule has 0 spiro atoms. The predicted octanol–water partition coefficient (Wildman–Crippen LogP) is -2.12. The summed E-state index contributed by atoms with van der Waals surface area (Å²) in [6.45, 7) is 1.03. The Morgan fingerprint density at radius 2 is 1.23 bits per heavy atom. The third-order valence-electron chi connectivity index (χ3n) is 6.04. The Hall–Kier alpha value is -1.78. The fourth-order valence-corrected chi connectivity index (χ4v) is 3.93. The van der Waals surface area contributed by atoms with E-state index >= 15 is 0 Å². The van der Waals surface area contributed by atoms with Crippen LogP contribution in [0.3, 0.4) is 0 Å². The summed E-state index contributed by atoms with van der Waals surface area (Å²) in [4.78, 5) is 0. The van der Waals surface area contributed by atoms with Gasteiger partial charge in [-0.3, -0.25) is 0 Å². The second-order valence-corrected chi connectivity index (χ2v) is 8.37. The van der Waals surface area contributed by atoms with Crippen molar-refractivity contribution in [2.75, 3.05) is 27.9 Å². The first-order valence-corrected chi connectivity index (χ1v) is 11.0. The zero-order valence-electron chi connectivity index (χ0n) is 19.9. The van der Waals surface area contributed by atoms with Gasteiger partial charge in [0.15, 0.2) is 24.1 Å². The van der Waals surface area contributed by atoms with Crippen molar-refractivity contribution in [2.45, 2.75) is 74.9 Å². The lowest BCUT2D eigenvalue weighted by Crippen LogP contribution is -2.61. The van der Waals surface area contributed by atoms with Crippen LogP contribution in [-0.2, 0) is 25.6 Å². The second-order valence-electron chi connectivity index (χ2n) is 8.37. The molecule has 2 saturated heterocycles. The summed E-state index contributed by atoms with van der Waals surface area (Å²) in [6, 6.07) is 3.29. The number of aliphatic hydroxyl groups excluding tert-OH is 6. The number of rotatable bonds is 9. The van der Waals surface area contributed by atoms with E-state index in [0.29, 0.717) is 22.8 Å². The summed E-state index contributed by atoms with van der Waals surface area (Å²) in [5.41, 5.74) is 0.587.